The summed E-state index contributed by atoms with van der Waals surface area (Å²) in [6, 6.07) is 5.69. The van der Waals surface area contributed by atoms with Crippen molar-refractivity contribution in [3.8, 4) is 0 Å². The molecule has 13 heteroatoms. The lowest BCUT2D eigenvalue weighted by molar-refractivity contribution is -0.135. The third-order valence-electron chi connectivity index (χ3n) is 7.57. The number of aliphatic imine (C=N–C) groups is 1. The summed E-state index contributed by atoms with van der Waals surface area (Å²) >= 11 is 0. The lowest BCUT2D eigenvalue weighted by Gasteiger charge is -2.28. The van der Waals surface area contributed by atoms with E-state index in [1.807, 2.05) is 58.0 Å². The molecule has 13 nitrogen and oxygen atoms in total. The third kappa shape index (κ3) is 14.7. The zero-order valence-corrected chi connectivity index (χ0v) is 27.8. The largest absolute Gasteiger partial charge is 0.370 e. The lowest BCUT2D eigenvalue weighted by atomic mass is 9.98. The minimum Gasteiger partial charge on any atom is -0.370 e. The molecule has 1 aliphatic heterocycles. The van der Waals surface area contributed by atoms with Gasteiger partial charge >= 0.3 is 0 Å². The Bertz CT molecular complexity index is 1170. The maximum atomic E-state index is 13.7. The van der Waals surface area contributed by atoms with Gasteiger partial charge in [0.15, 0.2) is 5.96 Å². The number of benzene rings is 1. The molecule has 1 aromatic carbocycles. The first-order valence-electron chi connectivity index (χ1n) is 16.4. The first-order chi connectivity index (χ1) is 21.8. The number of guanidine groups is 1. The molecule has 0 bridgehead atoms. The van der Waals surface area contributed by atoms with Gasteiger partial charge in [0, 0.05) is 25.9 Å². The average molecular weight is 643 g/mol. The van der Waals surface area contributed by atoms with E-state index in [1.165, 1.54) is 0 Å². The van der Waals surface area contributed by atoms with Gasteiger partial charge in [-0.05, 0) is 55.9 Å². The summed E-state index contributed by atoms with van der Waals surface area (Å²) in [7, 11) is 0. The highest BCUT2D eigenvalue weighted by atomic mass is 16.2. The minimum atomic E-state index is -0.953. The van der Waals surface area contributed by atoms with Gasteiger partial charge < -0.3 is 38.1 Å². The standard InChI is InChI=1S/C33H54N8O5/c1-21(2)18-25-30(44)39-24(14-11-17-37-33(34)35)29(43)36-16-10-6-9-15-28(42)38-27(20-23-12-7-5-8-13-23)32(46)41-26(19-22(3)4)31(45)40-25/h5,7-8,12-13,21-22,24-27H,6,9-11,14-20H2,1-4H3,(H,36,43)(H,38,42)(H,39,44)(H,40,45)(H,41,46)(H4,34,35,37)/t24?,25?,26?,27-/m0/s1. The number of hydrogen-bond donors (Lipinski definition) is 7. The zero-order valence-electron chi connectivity index (χ0n) is 27.8. The Hall–Kier alpha value is -4.16. The Morgan fingerprint density at radius 3 is 1.87 bits per heavy atom. The van der Waals surface area contributed by atoms with Crippen LogP contribution in [-0.2, 0) is 30.4 Å². The molecule has 1 heterocycles. The molecule has 0 spiro atoms. The van der Waals surface area contributed by atoms with Crippen LogP contribution in [0.5, 0.6) is 0 Å². The summed E-state index contributed by atoms with van der Waals surface area (Å²) in [5, 5.41) is 14.3. The van der Waals surface area contributed by atoms with Gasteiger partial charge in [-0.3, -0.25) is 29.0 Å². The molecule has 3 unspecified atom stereocenters. The molecule has 1 aromatic rings. The minimum absolute atomic E-state index is 0.0374. The molecular weight excluding hydrogens is 588 g/mol. The van der Waals surface area contributed by atoms with Crippen molar-refractivity contribution in [3.63, 3.8) is 0 Å². The van der Waals surface area contributed by atoms with Crippen molar-refractivity contribution in [1.82, 2.24) is 26.6 Å². The molecule has 0 aromatic heterocycles. The number of nitrogens with two attached hydrogens (primary N) is 2. The van der Waals surface area contributed by atoms with E-state index >= 15 is 0 Å². The Labute approximate surface area is 272 Å². The molecule has 0 saturated carbocycles. The second kappa shape index (κ2) is 20.1. The zero-order chi connectivity index (χ0) is 34.1. The Morgan fingerprint density at radius 2 is 1.30 bits per heavy atom. The van der Waals surface area contributed by atoms with Crippen LogP contribution in [-0.4, -0.2) is 72.8 Å². The van der Waals surface area contributed by atoms with Crippen LogP contribution in [0.1, 0.15) is 84.6 Å². The fraction of sp³-hybridized carbons (Fsp3) is 0.636. The molecule has 1 fully saturated rings. The number of carbonyl (C=O) groups excluding carboxylic acids is 5. The highest BCUT2D eigenvalue weighted by Gasteiger charge is 2.32. The summed E-state index contributed by atoms with van der Waals surface area (Å²) in [5.41, 5.74) is 11.7. The molecule has 4 atom stereocenters. The van der Waals surface area contributed by atoms with Crippen molar-refractivity contribution in [1.29, 1.82) is 0 Å². The van der Waals surface area contributed by atoms with Gasteiger partial charge in [-0.1, -0.05) is 64.4 Å². The van der Waals surface area contributed by atoms with Crippen LogP contribution in [0.25, 0.3) is 0 Å². The van der Waals surface area contributed by atoms with E-state index in [1.54, 1.807) is 0 Å². The Balaban J connectivity index is 2.37. The van der Waals surface area contributed by atoms with Gasteiger partial charge in [-0.2, -0.15) is 0 Å². The molecule has 1 saturated heterocycles. The van der Waals surface area contributed by atoms with Crippen molar-refractivity contribution in [2.75, 3.05) is 13.1 Å². The molecule has 2 rings (SSSR count). The molecule has 1 aliphatic rings. The van der Waals surface area contributed by atoms with Gasteiger partial charge in [-0.15, -0.1) is 0 Å². The smallest absolute Gasteiger partial charge is 0.243 e. The topological polar surface area (TPSA) is 210 Å². The van der Waals surface area contributed by atoms with Crippen molar-refractivity contribution >= 4 is 35.5 Å². The Morgan fingerprint density at radius 1 is 0.739 bits per heavy atom. The second-order valence-corrected chi connectivity index (χ2v) is 12.8. The van der Waals surface area contributed by atoms with Gasteiger partial charge in [0.05, 0.1) is 0 Å². The van der Waals surface area contributed by atoms with Gasteiger partial charge in [-0.25, -0.2) is 0 Å². The number of carbonyl (C=O) groups is 5. The van der Waals surface area contributed by atoms with Crippen LogP contribution in [0, 0.1) is 11.8 Å². The van der Waals surface area contributed by atoms with E-state index in [0.29, 0.717) is 45.1 Å². The van der Waals surface area contributed by atoms with E-state index in [0.717, 1.165) is 5.56 Å². The van der Waals surface area contributed by atoms with Crippen LogP contribution in [0.2, 0.25) is 0 Å². The normalized spacial score (nSPS) is 22.8. The highest BCUT2D eigenvalue weighted by molar-refractivity contribution is 5.95. The second-order valence-electron chi connectivity index (χ2n) is 12.8. The summed E-state index contributed by atoms with van der Waals surface area (Å²) in [6.07, 6.45) is 3.69. The van der Waals surface area contributed by atoms with E-state index < -0.39 is 41.9 Å². The number of rotatable bonds is 10. The number of hydrogen-bond acceptors (Lipinski definition) is 6. The van der Waals surface area contributed by atoms with Gasteiger partial charge in [0.25, 0.3) is 0 Å². The van der Waals surface area contributed by atoms with Crippen LogP contribution >= 0.6 is 0 Å². The van der Waals surface area contributed by atoms with Crippen LogP contribution in [0.3, 0.4) is 0 Å². The molecule has 0 radical (unpaired) electrons. The van der Waals surface area contributed by atoms with Crippen molar-refractivity contribution in [3.05, 3.63) is 35.9 Å². The van der Waals surface area contributed by atoms with Gasteiger partial charge in [0.2, 0.25) is 29.5 Å². The lowest BCUT2D eigenvalue weighted by Crippen LogP contribution is -2.58. The predicted octanol–water partition coefficient (Wildman–Crippen LogP) is 1.00. The molecule has 46 heavy (non-hydrogen) atoms. The van der Waals surface area contributed by atoms with Crippen molar-refractivity contribution in [2.24, 2.45) is 28.3 Å². The summed E-state index contributed by atoms with van der Waals surface area (Å²) in [6.45, 7) is 8.37. The molecule has 256 valence electrons. The average Bonchev–Trinajstić information content (AvgIpc) is 2.98. The van der Waals surface area contributed by atoms with Crippen LogP contribution < -0.4 is 38.1 Å². The number of nitrogens with zero attached hydrogens (tertiary/aromatic N) is 1. The third-order valence-corrected chi connectivity index (χ3v) is 7.57. The first-order valence-corrected chi connectivity index (χ1v) is 16.4. The van der Waals surface area contributed by atoms with Crippen molar-refractivity contribution in [2.45, 2.75) is 110 Å². The van der Waals surface area contributed by atoms with E-state index in [-0.39, 0.29) is 55.4 Å². The fourth-order valence-corrected chi connectivity index (χ4v) is 5.24. The van der Waals surface area contributed by atoms with E-state index in [4.69, 9.17) is 11.5 Å². The highest BCUT2D eigenvalue weighted by Crippen LogP contribution is 2.12. The monoisotopic (exact) mass is 642 g/mol. The molecule has 9 N–H and O–H groups in total. The van der Waals surface area contributed by atoms with Crippen LogP contribution in [0.15, 0.2) is 35.3 Å². The van der Waals surface area contributed by atoms with Crippen LogP contribution in [0.4, 0.5) is 0 Å². The Kier molecular flexibility index (Phi) is 16.6. The van der Waals surface area contributed by atoms with E-state index in [2.05, 4.69) is 31.6 Å². The summed E-state index contributed by atoms with van der Waals surface area (Å²) in [5.74, 6) is -2.09. The molecule has 0 aliphatic carbocycles. The van der Waals surface area contributed by atoms with E-state index in [9.17, 15) is 24.0 Å². The maximum absolute atomic E-state index is 13.7. The van der Waals surface area contributed by atoms with Crippen molar-refractivity contribution < 1.29 is 24.0 Å². The molecule has 5 amide bonds. The predicted molar refractivity (Wildman–Crippen MR) is 178 cm³/mol. The number of amides is 5. The van der Waals surface area contributed by atoms with Gasteiger partial charge in [0.1, 0.15) is 24.2 Å². The SMILES string of the molecule is CC(C)CC1NC(=O)C(CC(C)C)NC(=O)[C@H](Cc2ccccc2)NC(=O)CCCCCNC(=O)C(CCCN=C(N)N)NC1=O. The first kappa shape index (κ1) is 38.0. The quantitative estimate of drug-likeness (QED) is 0.112. The summed E-state index contributed by atoms with van der Waals surface area (Å²) < 4.78 is 0. The fourth-order valence-electron chi connectivity index (χ4n) is 5.24. The number of nitrogens with one attached hydrogen (secondary N) is 5. The summed E-state index contributed by atoms with van der Waals surface area (Å²) in [4.78, 5) is 71.0. The molecular formula is C33H54N8O5. The maximum Gasteiger partial charge on any atom is 0.243 e.